The van der Waals surface area contributed by atoms with Gasteiger partial charge in [0.25, 0.3) is 0 Å². The second-order valence-corrected chi connectivity index (χ2v) is 3.72. The number of hydrogen-bond donors (Lipinski definition) is 2. The number of amides is 1. The van der Waals surface area contributed by atoms with Crippen molar-refractivity contribution in [3.8, 4) is 0 Å². The van der Waals surface area contributed by atoms with Crippen LogP contribution in [0.1, 0.15) is 27.2 Å². The quantitative estimate of drug-likeness (QED) is 0.572. The molecule has 96 valence electrons. The van der Waals surface area contributed by atoms with Crippen LogP contribution >= 0.6 is 0 Å². The van der Waals surface area contributed by atoms with E-state index < -0.39 is 5.97 Å². The van der Waals surface area contributed by atoms with Crippen LogP contribution < -0.4 is 5.73 Å². The van der Waals surface area contributed by atoms with Gasteiger partial charge in [0.05, 0.1) is 12.7 Å². The monoisotopic (exact) mass is 241 g/mol. The van der Waals surface area contributed by atoms with E-state index in [1.54, 1.807) is 32.9 Å². The Bertz CT molecular complexity index is 340. The zero-order chi connectivity index (χ0) is 13.4. The van der Waals surface area contributed by atoms with Gasteiger partial charge in [-0.15, -0.1) is 0 Å². The Balaban J connectivity index is 0.000000325. The van der Waals surface area contributed by atoms with Crippen LogP contribution in [0.2, 0.25) is 0 Å². The molecule has 1 amide bonds. The van der Waals surface area contributed by atoms with E-state index >= 15 is 0 Å². The number of hydrogen-bond acceptors (Lipinski definition) is 3. The maximum absolute atomic E-state index is 10.2. The normalized spacial score (nSPS) is 19.1. The molecule has 1 fully saturated rings. The minimum Gasteiger partial charge on any atom is -0.478 e. The number of allylic oxidation sites excluding steroid dienone is 1. The van der Waals surface area contributed by atoms with Gasteiger partial charge in [0.1, 0.15) is 0 Å². The molecule has 1 aliphatic rings. The first-order valence-corrected chi connectivity index (χ1v) is 5.32. The number of carboxylic acids is 1. The molecule has 3 N–H and O–H groups in total. The fourth-order valence-corrected chi connectivity index (χ4v) is 0.742. The molecule has 0 aromatic heterocycles. The predicted octanol–water partition coefficient (Wildman–Crippen LogP) is 1.24. The molecule has 0 aromatic rings. The van der Waals surface area contributed by atoms with Gasteiger partial charge in [-0.1, -0.05) is 12.2 Å². The standard InChI is InChI=1S/C7H10O3.C5H9NO/c1-5(7(8)9)2-3-6-4-10-6;1-3-4(2)5(6)7/h2,6H,3-4H2,1H3,(H,8,9);3H,1-2H3,(H2,6,7)/b5-2+;4-3+. The number of rotatable bonds is 4. The topological polar surface area (TPSA) is 92.9 Å². The summed E-state index contributed by atoms with van der Waals surface area (Å²) in [6.07, 6.45) is 4.40. The Hall–Kier alpha value is -1.62. The predicted molar refractivity (Wildman–Crippen MR) is 64.4 cm³/mol. The van der Waals surface area contributed by atoms with Crippen LogP contribution in [0.5, 0.6) is 0 Å². The minimum absolute atomic E-state index is 0.286. The highest BCUT2D eigenvalue weighted by Crippen LogP contribution is 2.14. The zero-order valence-electron chi connectivity index (χ0n) is 10.4. The summed E-state index contributed by atoms with van der Waals surface area (Å²) in [5.41, 5.74) is 5.85. The van der Waals surface area contributed by atoms with Crippen LogP contribution in [0.4, 0.5) is 0 Å². The zero-order valence-corrected chi connectivity index (χ0v) is 10.4. The van der Waals surface area contributed by atoms with E-state index in [2.05, 4.69) is 0 Å². The summed E-state index contributed by atoms with van der Waals surface area (Å²) >= 11 is 0. The molecule has 1 aliphatic heterocycles. The number of carboxylic acid groups (broad SMARTS) is 1. The van der Waals surface area contributed by atoms with E-state index in [1.165, 1.54) is 0 Å². The summed E-state index contributed by atoms with van der Waals surface area (Å²) in [7, 11) is 0. The molecule has 1 rings (SSSR count). The van der Waals surface area contributed by atoms with Crippen LogP contribution in [0.25, 0.3) is 0 Å². The third kappa shape index (κ3) is 8.21. The highest BCUT2D eigenvalue weighted by molar-refractivity contribution is 5.91. The molecule has 0 bridgehead atoms. The van der Waals surface area contributed by atoms with Gasteiger partial charge in [-0.3, -0.25) is 4.79 Å². The lowest BCUT2D eigenvalue weighted by molar-refractivity contribution is -0.132. The van der Waals surface area contributed by atoms with Crippen molar-refractivity contribution in [2.45, 2.75) is 33.3 Å². The average molecular weight is 241 g/mol. The van der Waals surface area contributed by atoms with E-state index in [4.69, 9.17) is 15.6 Å². The number of primary amides is 1. The molecule has 1 heterocycles. The molecule has 5 nitrogen and oxygen atoms in total. The first-order valence-electron chi connectivity index (χ1n) is 5.32. The van der Waals surface area contributed by atoms with Gasteiger partial charge in [-0.2, -0.15) is 0 Å². The Morgan fingerprint density at radius 1 is 1.41 bits per heavy atom. The maximum atomic E-state index is 10.2. The summed E-state index contributed by atoms with van der Waals surface area (Å²) < 4.78 is 4.90. The Morgan fingerprint density at radius 3 is 2.18 bits per heavy atom. The Morgan fingerprint density at radius 2 is 1.94 bits per heavy atom. The van der Waals surface area contributed by atoms with Gasteiger partial charge >= 0.3 is 5.97 Å². The van der Waals surface area contributed by atoms with Gasteiger partial charge in [0.15, 0.2) is 0 Å². The highest BCUT2D eigenvalue weighted by atomic mass is 16.6. The fraction of sp³-hybridized carbons (Fsp3) is 0.500. The van der Waals surface area contributed by atoms with Crippen LogP contribution in [0.3, 0.4) is 0 Å². The first kappa shape index (κ1) is 15.4. The van der Waals surface area contributed by atoms with Gasteiger partial charge in [0, 0.05) is 11.1 Å². The lowest BCUT2D eigenvalue weighted by Gasteiger charge is -1.89. The van der Waals surface area contributed by atoms with Crippen molar-refractivity contribution in [3.05, 3.63) is 23.3 Å². The molecule has 0 spiro atoms. The molecular weight excluding hydrogens is 222 g/mol. The van der Waals surface area contributed by atoms with Gasteiger partial charge in [-0.05, 0) is 27.2 Å². The molecule has 17 heavy (non-hydrogen) atoms. The van der Waals surface area contributed by atoms with E-state index in [0.717, 1.165) is 13.0 Å². The lowest BCUT2D eigenvalue weighted by Crippen LogP contribution is -2.10. The second-order valence-electron chi connectivity index (χ2n) is 3.72. The molecular formula is C12H19NO4. The average Bonchev–Trinajstić information content (AvgIpc) is 3.09. The van der Waals surface area contributed by atoms with Crippen molar-refractivity contribution < 1.29 is 19.4 Å². The van der Waals surface area contributed by atoms with E-state index in [0.29, 0.717) is 11.1 Å². The number of epoxide rings is 1. The largest absolute Gasteiger partial charge is 0.478 e. The van der Waals surface area contributed by atoms with Crippen molar-refractivity contribution in [2.24, 2.45) is 5.73 Å². The Kier molecular flexibility index (Phi) is 6.89. The van der Waals surface area contributed by atoms with Crippen molar-refractivity contribution in [1.29, 1.82) is 0 Å². The fourth-order valence-electron chi connectivity index (χ4n) is 0.742. The number of aliphatic carboxylic acids is 1. The summed E-state index contributed by atoms with van der Waals surface area (Å²) in [4.78, 5) is 20.3. The van der Waals surface area contributed by atoms with Crippen LogP contribution in [0, 0.1) is 0 Å². The van der Waals surface area contributed by atoms with Gasteiger partial charge < -0.3 is 15.6 Å². The molecule has 5 heteroatoms. The van der Waals surface area contributed by atoms with Crippen molar-refractivity contribution >= 4 is 11.9 Å². The molecule has 1 unspecified atom stereocenters. The smallest absolute Gasteiger partial charge is 0.330 e. The molecule has 0 aromatic carbocycles. The van der Waals surface area contributed by atoms with Crippen LogP contribution in [-0.4, -0.2) is 29.7 Å². The van der Waals surface area contributed by atoms with E-state index in [9.17, 15) is 9.59 Å². The number of carbonyl (C=O) groups is 2. The highest BCUT2D eigenvalue weighted by Gasteiger charge is 2.20. The molecule has 0 radical (unpaired) electrons. The maximum Gasteiger partial charge on any atom is 0.330 e. The van der Waals surface area contributed by atoms with Crippen LogP contribution in [0.15, 0.2) is 23.3 Å². The third-order valence-electron chi connectivity index (χ3n) is 2.25. The van der Waals surface area contributed by atoms with E-state index in [-0.39, 0.29) is 12.0 Å². The SMILES string of the molecule is C/C(=C\CC1CO1)C(=O)O.C/C=C(\C)C(N)=O. The van der Waals surface area contributed by atoms with Crippen molar-refractivity contribution in [3.63, 3.8) is 0 Å². The Labute approximate surface area is 101 Å². The van der Waals surface area contributed by atoms with Crippen LogP contribution in [-0.2, 0) is 14.3 Å². The third-order valence-corrected chi connectivity index (χ3v) is 2.25. The number of ether oxygens (including phenoxy) is 1. The lowest BCUT2D eigenvalue weighted by atomic mass is 10.2. The summed E-state index contributed by atoms with van der Waals surface area (Å²) in [6.45, 7) is 5.83. The van der Waals surface area contributed by atoms with E-state index in [1.807, 2.05) is 0 Å². The number of carbonyl (C=O) groups excluding carboxylic acids is 1. The van der Waals surface area contributed by atoms with Crippen molar-refractivity contribution in [1.82, 2.24) is 0 Å². The summed E-state index contributed by atoms with van der Waals surface area (Å²) in [5, 5.41) is 8.41. The number of nitrogens with two attached hydrogens (primary N) is 1. The molecule has 0 saturated carbocycles. The second kappa shape index (κ2) is 7.62. The minimum atomic E-state index is -0.847. The first-order chi connectivity index (χ1) is 7.88. The molecule has 1 saturated heterocycles. The van der Waals surface area contributed by atoms with Crippen molar-refractivity contribution in [2.75, 3.05) is 6.61 Å². The van der Waals surface area contributed by atoms with Gasteiger partial charge in [0.2, 0.25) is 5.91 Å². The van der Waals surface area contributed by atoms with Gasteiger partial charge in [-0.25, -0.2) is 4.79 Å². The summed E-state index contributed by atoms with van der Waals surface area (Å²) in [5.74, 6) is -1.19. The molecule has 0 aliphatic carbocycles. The molecule has 1 atom stereocenters. The summed E-state index contributed by atoms with van der Waals surface area (Å²) in [6, 6.07) is 0.